The average molecular weight is 169 g/mol. The van der Waals surface area contributed by atoms with Gasteiger partial charge in [0, 0.05) is 6.04 Å². The second kappa shape index (κ2) is 4.27. The maximum absolute atomic E-state index is 2.43. The predicted octanol–water partition coefficient (Wildman–Crippen LogP) is 2.76. The third kappa shape index (κ3) is 2.01. The molecule has 0 amide bonds. The molecule has 0 radical (unpaired) electrons. The van der Waals surface area contributed by atoms with Gasteiger partial charge in [0.15, 0.2) is 0 Å². The number of hydrogen-bond acceptors (Lipinski definition) is 1. The molecule has 0 bridgehead atoms. The fourth-order valence-electron chi connectivity index (χ4n) is 2.73. The molecule has 1 fully saturated rings. The van der Waals surface area contributed by atoms with Gasteiger partial charge in [0.05, 0.1) is 0 Å². The Bertz CT molecular complexity index is 131. The topological polar surface area (TPSA) is 3.24 Å². The maximum atomic E-state index is 2.43. The number of rotatable bonds is 2. The summed E-state index contributed by atoms with van der Waals surface area (Å²) in [7, 11) is 4.44. The standard InChI is InChI=1S/C11H23N/c1-5-10-7-6-8-11(9(10)2)12(3)4/h9-11H,5-8H2,1-4H3. The van der Waals surface area contributed by atoms with E-state index < -0.39 is 0 Å². The maximum Gasteiger partial charge on any atom is 0.0117 e. The van der Waals surface area contributed by atoms with E-state index in [1.165, 1.54) is 25.7 Å². The second-order valence-electron chi connectivity index (χ2n) is 4.49. The SMILES string of the molecule is CCC1CCCC(N(C)C)C1C. The molecule has 0 spiro atoms. The molecule has 1 saturated carbocycles. The van der Waals surface area contributed by atoms with Crippen LogP contribution >= 0.6 is 0 Å². The Balaban J connectivity index is 2.53. The predicted molar refractivity (Wildman–Crippen MR) is 54.3 cm³/mol. The summed E-state index contributed by atoms with van der Waals surface area (Å²) in [6.45, 7) is 4.76. The van der Waals surface area contributed by atoms with E-state index in [1.54, 1.807) is 0 Å². The van der Waals surface area contributed by atoms with Crippen molar-refractivity contribution in [1.29, 1.82) is 0 Å². The van der Waals surface area contributed by atoms with E-state index in [-0.39, 0.29) is 0 Å². The smallest absolute Gasteiger partial charge is 0.0117 e. The molecule has 1 aliphatic carbocycles. The highest BCUT2D eigenvalue weighted by atomic mass is 15.1. The largest absolute Gasteiger partial charge is 0.306 e. The molecule has 1 rings (SSSR count). The summed E-state index contributed by atoms with van der Waals surface area (Å²) in [5.41, 5.74) is 0. The molecule has 72 valence electrons. The van der Waals surface area contributed by atoms with Gasteiger partial charge < -0.3 is 4.90 Å². The van der Waals surface area contributed by atoms with Crippen LogP contribution < -0.4 is 0 Å². The van der Waals surface area contributed by atoms with Crippen molar-refractivity contribution in [2.24, 2.45) is 11.8 Å². The minimum Gasteiger partial charge on any atom is -0.306 e. The summed E-state index contributed by atoms with van der Waals surface area (Å²) in [4.78, 5) is 2.41. The molecule has 3 atom stereocenters. The van der Waals surface area contributed by atoms with Crippen LogP contribution in [-0.2, 0) is 0 Å². The monoisotopic (exact) mass is 169 g/mol. The van der Waals surface area contributed by atoms with Crippen molar-refractivity contribution in [1.82, 2.24) is 4.90 Å². The number of hydrogen-bond donors (Lipinski definition) is 0. The molecule has 0 aromatic carbocycles. The van der Waals surface area contributed by atoms with Crippen LogP contribution in [0.2, 0.25) is 0 Å². The Labute approximate surface area is 77.1 Å². The van der Waals surface area contributed by atoms with E-state index in [0.29, 0.717) is 0 Å². The fraction of sp³-hybridized carbons (Fsp3) is 1.00. The zero-order valence-electron chi connectivity index (χ0n) is 9.01. The summed E-state index contributed by atoms with van der Waals surface area (Å²) < 4.78 is 0. The van der Waals surface area contributed by atoms with Gasteiger partial charge in [-0.2, -0.15) is 0 Å². The van der Waals surface area contributed by atoms with Gasteiger partial charge in [0.1, 0.15) is 0 Å². The Kier molecular flexibility index (Phi) is 3.57. The molecule has 1 aliphatic rings. The minimum absolute atomic E-state index is 0.837. The summed E-state index contributed by atoms with van der Waals surface area (Å²) >= 11 is 0. The first-order valence-corrected chi connectivity index (χ1v) is 5.33. The molecular weight excluding hydrogens is 146 g/mol. The molecule has 0 saturated heterocycles. The van der Waals surface area contributed by atoms with E-state index in [4.69, 9.17) is 0 Å². The molecule has 3 unspecified atom stereocenters. The first kappa shape index (κ1) is 10.0. The van der Waals surface area contributed by atoms with Crippen LogP contribution in [0.3, 0.4) is 0 Å². The summed E-state index contributed by atoms with van der Waals surface area (Å²) in [6, 6.07) is 0.837. The Hall–Kier alpha value is -0.0400. The highest BCUT2D eigenvalue weighted by Crippen LogP contribution is 2.33. The van der Waals surface area contributed by atoms with Crippen LogP contribution in [0.4, 0.5) is 0 Å². The minimum atomic E-state index is 0.837. The van der Waals surface area contributed by atoms with Gasteiger partial charge in [-0.1, -0.05) is 33.1 Å². The van der Waals surface area contributed by atoms with Crippen LogP contribution in [0, 0.1) is 11.8 Å². The molecule has 0 heterocycles. The van der Waals surface area contributed by atoms with Crippen molar-refractivity contribution in [2.75, 3.05) is 14.1 Å². The molecule has 1 heteroatoms. The van der Waals surface area contributed by atoms with E-state index in [2.05, 4.69) is 32.8 Å². The Morgan fingerprint density at radius 2 is 1.92 bits per heavy atom. The highest BCUT2D eigenvalue weighted by molar-refractivity contribution is 4.83. The third-order valence-electron chi connectivity index (χ3n) is 3.61. The summed E-state index contributed by atoms with van der Waals surface area (Å²) in [6.07, 6.45) is 5.67. The van der Waals surface area contributed by atoms with Gasteiger partial charge in [-0.3, -0.25) is 0 Å². The summed E-state index contributed by atoms with van der Waals surface area (Å²) in [5, 5.41) is 0. The lowest BCUT2D eigenvalue weighted by molar-refractivity contribution is 0.112. The molecular formula is C11H23N. The van der Waals surface area contributed by atoms with E-state index >= 15 is 0 Å². The van der Waals surface area contributed by atoms with Crippen molar-refractivity contribution in [2.45, 2.75) is 45.6 Å². The van der Waals surface area contributed by atoms with Crippen molar-refractivity contribution < 1.29 is 0 Å². The third-order valence-corrected chi connectivity index (χ3v) is 3.61. The van der Waals surface area contributed by atoms with Gasteiger partial charge in [-0.15, -0.1) is 0 Å². The van der Waals surface area contributed by atoms with Crippen molar-refractivity contribution >= 4 is 0 Å². The fourth-order valence-corrected chi connectivity index (χ4v) is 2.73. The zero-order valence-corrected chi connectivity index (χ0v) is 9.01. The van der Waals surface area contributed by atoms with E-state index in [9.17, 15) is 0 Å². The summed E-state index contributed by atoms with van der Waals surface area (Å²) in [5.74, 6) is 1.88. The highest BCUT2D eigenvalue weighted by Gasteiger charge is 2.29. The van der Waals surface area contributed by atoms with Crippen molar-refractivity contribution in [3.05, 3.63) is 0 Å². The van der Waals surface area contributed by atoms with E-state index in [1.807, 2.05) is 0 Å². The lowest BCUT2D eigenvalue weighted by Crippen LogP contribution is -2.40. The first-order chi connectivity index (χ1) is 5.66. The Morgan fingerprint density at radius 1 is 1.25 bits per heavy atom. The average Bonchev–Trinajstić information content (AvgIpc) is 2.04. The van der Waals surface area contributed by atoms with Crippen molar-refractivity contribution in [3.63, 3.8) is 0 Å². The van der Waals surface area contributed by atoms with Crippen LogP contribution in [0.25, 0.3) is 0 Å². The second-order valence-corrected chi connectivity index (χ2v) is 4.49. The van der Waals surface area contributed by atoms with Gasteiger partial charge in [0.25, 0.3) is 0 Å². The Morgan fingerprint density at radius 3 is 2.42 bits per heavy atom. The molecule has 1 nitrogen and oxygen atoms in total. The quantitative estimate of drug-likeness (QED) is 0.614. The molecule has 0 aliphatic heterocycles. The normalized spacial score (nSPS) is 37.2. The molecule has 0 aromatic heterocycles. The molecule has 12 heavy (non-hydrogen) atoms. The van der Waals surface area contributed by atoms with Gasteiger partial charge >= 0.3 is 0 Å². The van der Waals surface area contributed by atoms with Gasteiger partial charge in [-0.25, -0.2) is 0 Å². The molecule has 0 N–H and O–H groups in total. The van der Waals surface area contributed by atoms with Crippen LogP contribution in [0.5, 0.6) is 0 Å². The first-order valence-electron chi connectivity index (χ1n) is 5.33. The lowest BCUT2D eigenvalue weighted by atomic mass is 9.75. The molecule has 0 aromatic rings. The number of nitrogens with zero attached hydrogens (tertiary/aromatic N) is 1. The van der Waals surface area contributed by atoms with Gasteiger partial charge in [0.2, 0.25) is 0 Å². The van der Waals surface area contributed by atoms with Crippen LogP contribution in [-0.4, -0.2) is 25.0 Å². The van der Waals surface area contributed by atoms with Gasteiger partial charge in [-0.05, 0) is 32.4 Å². The lowest BCUT2D eigenvalue weighted by Gasteiger charge is -2.39. The van der Waals surface area contributed by atoms with E-state index in [0.717, 1.165) is 17.9 Å². The van der Waals surface area contributed by atoms with Crippen LogP contribution in [0.15, 0.2) is 0 Å². The zero-order chi connectivity index (χ0) is 9.14. The van der Waals surface area contributed by atoms with Crippen molar-refractivity contribution in [3.8, 4) is 0 Å². The van der Waals surface area contributed by atoms with Crippen LogP contribution in [0.1, 0.15) is 39.5 Å².